The number of halogens is 9. The second kappa shape index (κ2) is 8.79. The highest BCUT2D eigenvalue weighted by Crippen LogP contribution is 2.40. The van der Waals surface area contributed by atoms with Crippen LogP contribution < -0.4 is 10.4 Å². The van der Waals surface area contributed by atoms with E-state index in [-0.39, 0.29) is 25.1 Å². The number of alkyl halides is 9. The van der Waals surface area contributed by atoms with Crippen molar-refractivity contribution in [2.45, 2.75) is 45.3 Å². The third kappa shape index (κ3) is 5.91. The molecule has 0 aliphatic rings. The maximum atomic E-state index is 13.4. The molecule has 0 bridgehead atoms. The van der Waals surface area contributed by atoms with Crippen LogP contribution in [-0.4, -0.2) is 16.2 Å². The van der Waals surface area contributed by atoms with Gasteiger partial charge >= 0.3 is 18.5 Å². The van der Waals surface area contributed by atoms with Crippen LogP contribution in [0.15, 0.2) is 29.3 Å². The first-order valence-electron chi connectivity index (χ1n) is 8.83. The van der Waals surface area contributed by atoms with Crippen molar-refractivity contribution in [3.63, 3.8) is 0 Å². The van der Waals surface area contributed by atoms with E-state index in [0.29, 0.717) is 24.6 Å². The molecular formula is C18H16F9N3O. The van der Waals surface area contributed by atoms with Gasteiger partial charge < -0.3 is 4.74 Å². The topological polar surface area (TPSA) is 39.4 Å². The van der Waals surface area contributed by atoms with Crippen LogP contribution in [0.3, 0.4) is 0 Å². The monoisotopic (exact) mass is 461 g/mol. The van der Waals surface area contributed by atoms with Gasteiger partial charge in [-0.2, -0.15) is 39.5 Å². The number of hydrogen-bond donors (Lipinski definition) is 0. The van der Waals surface area contributed by atoms with E-state index in [0.717, 1.165) is 4.57 Å². The second-order valence-corrected chi connectivity index (χ2v) is 6.21. The number of hydrogen-bond acceptors (Lipinski definition) is 3. The molecule has 2 rings (SSSR count). The number of benzene rings is 1. The molecule has 0 amide bonds. The van der Waals surface area contributed by atoms with E-state index in [1.54, 1.807) is 6.92 Å². The first kappa shape index (κ1) is 24.5. The Hall–Kier alpha value is -2.73. The van der Waals surface area contributed by atoms with E-state index in [2.05, 4.69) is 9.98 Å². The van der Waals surface area contributed by atoms with Crippen molar-refractivity contribution >= 4 is 5.69 Å². The minimum Gasteiger partial charge on any atom is -0.479 e. The first-order valence-corrected chi connectivity index (χ1v) is 8.83. The molecule has 0 radical (unpaired) electrons. The Morgan fingerprint density at radius 3 is 2.03 bits per heavy atom. The van der Waals surface area contributed by atoms with Crippen LogP contribution in [0.2, 0.25) is 0 Å². The van der Waals surface area contributed by atoms with E-state index in [4.69, 9.17) is 4.74 Å². The average Bonchev–Trinajstić information content (AvgIpc) is 2.63. The molecule has 1 heterocycles. The predicted octanol–water partition coefficient (Wildman–Crippen LogP) is 5.98. The molecular weight excluding hydrogens is 445 g/mol. The van der Waals surface area contributed by atoms with E-state index in [9.17, 15) is 39.5 Å². The lowest BCUT2D eigenvalue weighted by Gasteiger charge is -2.16. The van der Waals surface area contributed by atoms with Crippen LogP contribution in [0.4, 0.5) is 45.2 Å². The first-order chi connectivity index (χ1) is 14.2. The van der Waals surface area contributed by atoms with Gasteiger partial charge in [0, 0.05) is 12.6 Å². The minimum absolute atomic E-state index is 0.00876. The molecule has 0 fully saturated rings. The molecule has 0 unspecified atom stereocenters. The van der Waals surface area contributed by atoms with Crippen molar-refractivity contribution in [3.05, 3.63) is 46.7 Å². The molecule has 1 aromatic carbocycles. The molecule has 0 aliphatic carbocycles. The summed E-state index contributed by atoms with van der Waals surface area (Å²) in [6, 6.07) is 1.21. The summed E-state index contributed by atoms with van der Waals surface area (Å²) in [7, 11) is 0. The lowest BCUT2D eigenvalue weighted by molar-refractivity contribution is -0.143. The van der Waals surface area contributed by atoms with E-state index in [1.807, 2.05) is 0 Å². The summed E-state index contributed by atoms with van der Waals surface area (Å²) in [4.78, 5) is 6.80. The van der Waals surface area contributed by atoms with Gasteiger partial charge in [0.1, 0.15) is 0 Å². The summed E-state index contributed by atoms with van der Waals surface area (Å²) >= 11 is 0. The van der Waals surface area contributed by atoms with Crippen molar-refractivity contribution in [1.82, 2.24) is 9.55 Å². The fraction of sp³-hybridized carbons (Fsp3) is 0.444. The molecule has 0 N–H and O–H groups in total. The highest BCUT2D eigenvalue weighted by atomic mass is 19.4. The normalized spacial score (nSPS) is 13.6. The number of ether oxygens (including phenoxy) is 1. The third-order valence-electron chi connectivity index (χ3n) is 3.90. The maximum absolute atomic E-state index is 13.4. The summed E-state index contributed by atoms with van der Waals surface area (Å²) in [6.45, 7) is 3.08. The lowest BCUT2D eigenvalue weighted by Crippen LogP contribution is -2.29. The molecule has 2 aromatic rings. The quantitative estimate of drug-likeness (QED) is 0.514. The van der Waals surface area contributed by atoms with Gasteiger partial charge in [0.05, 0.1) is 23.4 Å². The molecule has 0 aliphatic heterocycles. The molecule has 31 heavy (non-hydrogen) atoms. The summed E-state index contributed by atoms with van der Waals surface area (Å²) in [6.07, 6.45) is -14.8. The average molecular weight is 461 g/mol. The number of aromatic nitrogens is 2. The molecule has 0 spiro atoms. The molecule has 4 nitrogen and oxygen atoms in total. The van der Waals surface area contributed by atoms with Crippen LogP contribution in [-0.2, 0) is 25.1 Å². The van der Waals surface area contributed by atoms with Crippen molar-refractivity contribution < 1.29 is 44.3 Å². The van der Waals surface area contributed by atoms with Gasteiger partial charge in [-0.25, -0.2) is 9.98 Å². The molecule has 172 valence electrons. The van der Waals surface area contributed by atoms with Gasteiger partial charge in [-0.3, -0.25) is 4.57 Å². The number of nitrogens with zero attached hydrogens (tertiary/aromatic N) is 3. The summed E-state index contributed by atoms with van der Waals surface area (Å²) in [5.74, 6) is -0.342. The lowest BCUT2D eigenvalue weighted by atomic mass is 10.1. The standard InChI is InChI=1S/C18H16F9N3O/c1-3-7-31-14-9-13(18(25,26)27)29-15(30(14)4-2)28-12-6-5-10(16(19,20)21)8-11(12)17(22,23)24/h5-6,8-9H,3-4,7H2,1-2H3. The van der Waals surface area contributed by atoms with Crippen LogP contribution in [0, 0.1) is 0 Å². The molecule has 0 saturated heterocycles. The Kier molecular flexibility index (Phi) is 6.96. The van der Waals surface area contributed by atoms with Crippen LogP contribution in [0.1, 0.15) is 37.1 Å². The Labute approximate surface area is 170 Å². The van der Waals surface area contributed by atoms with Gasteiger partial charge in [0.2, 0.25) is 5.62 Å². The van der Waals surface area contributed by atoms with Crippen LogP contribution in [0.25, 0.3) is 0 Å². The second-order valence-electron chi connectivity index (χ2n) is 6.21. The molecule has 0 saturated carbocycles. The Morgan fingerprint density at radius 2 is 1.55 bits per heavy atom. The minimum atomic E-state index is -5.25. The fourth-order valence-corrected chi connectivity index (χ4v) is 2.49. The zero-order chi connectivity index (χ0) is 23.6. The van der Waals surface area contributed by atoms with Crippen molar-refractivity contribution in [3.8, 4) is 5.88 Å². The Balaban J connectivity index is 2.84. The zero-order valence-corrected chi connectivity index (χ0v) is 16.1. The molecule has 1 aromatic heterocycles. The highest BCUT2D eigenvalue weighted by Gasteiger charge is 2.38. The van der Waals surface area contributed by atoms with Gasteiger partial charge in [-0.15, -0.1) is 0 Å². The van der Waals surface area contributed by atoms with Gasteiger partial charge in [-0.1, -0.05) is 6.92 Å². The summed E-state index contributed by atoms with van der Waals surface area (Å²) < 4.78 is 124. The van der Waals surface area contributed by atoms with Crippen molar-refractivity contribution in [2.75, 3.05) is 6.61 Å². The zero-order valence-electron chi connectivity index (χ0n) is 16.1. The van der Waals surface area contributed by atoms with Crippen LogP contribution >= 0.6 is 0 Å². The van der Waals surface area contributed by atoms with Gasteiger partial charge in [-0.05, 0) is 31.5 Å². The van der Waals surface area contributed by atoms with Crippen molar-refractivity contribution in [2.24, 2.45) is 4.99 Å². The highest BCUT2D eigenvalue weighted by molar-refractivity contribution is 5.50. The van der Waals surface area contributed by atoms with E-state index in [1.165, 1.54) is 6.92 Å². The van der Waals surface area contributed by atoms with Crippen molar-refractivity contribution in [1.29, 1.82) is 0 Å². The largest absolute Gasteiger partial charge is 0.479 e. The Morgan fingerprint density at radius 1 is 0.903 bits per heavy atom. The SMILES string of the molecule is CCCOc1cc(C(F)(F)F)nc(=Nc2ccc(C(F)(F)F)cc2C(F)(F)F)n1CC. The third-order valence-corrected chi connectivity index (χ3v) is 3.90. The smallest absolute Gasteiger partial charge is 0.433 e. The van der Waals surface area contributed by atoms with Gasteiger partial charge in [0.15, 0.2) is 11.6 Å². The van der Waals surface area contributed by atoms with Gasteiger partial charge in [0.25, 0.3) is 0 Å². The fourth-order valence-electron chi connectivity index (χ4n) is 2.49. The number of rotatable bonds is 5. The van der Waals surface area contributed by atoms with E-state index >= 15 is 0 Å². The van der Waals surface area contributed by atoms with E-state index < -0.39 is 46.7 Å². The molecule has 0 atom stereocenters. The Bertz CT molecular complexity index is 989. The summed E-state index contributed by atoms with van der Waals surface area (Å²) in [5, 5.41) is 0. The summed E-state index contributed by atoms with van der Waals surface area (Å²) in [5.41, 5.74) is -6.63. The maximum Gasteiger partial charge on any atom is 0.433 e. The van der Waals surface area contributed by atoms with Crippen LogP contribution in [0.5, 0.6) is 5.88 Å². The molecule has 13 heteroatoms. The predicted molar refractivity (Wildman–Crippen MR) is 90.4 cm³/mol.